The van der Waals surface area contributed by atoms with Crippen molar-refractivity contribution in [3.05, 3.63) is 35.1 Å². The number of nitrogens with zero attached hydrogens (tertiary/aromatic N) is 2. The fourth-order valence-corrected chi connectivity index (χ4v) is 4.48. The summed E-state index contributed by atoms with van der Waals surface area (Å²) in [7, 11) is 0. The SMILES string of the molecule is C[C@@]1(c2cc(CC(=O)CCN3CCNCC3)ccc2F)CCSC(N)=N1.Cl.Cl.Cl. The van der Waals surface area contributed by atoms with Gasteiger partial charge in [0.15, 0.2) is 5.17 Å². The van der Waals surface area contributed by atoms with Crippen molar-refractivity contribution < 1.29 is 9.18 Å². The number of halogens is 4. The number of carbonyl (C=O) groups excluding carboxylic acids is 1. The molecule has 1 saturated heterocycles. The zero-order valence-corrected chi connectivity index (χ0v) is 19.8. The molecule has 166 valence electrons. The van der Waals surface area contributed by atoms with E-state index in [9.17, 15) is 9.18 Å². The number of rotatable bonds is 6. The number of hydrogen-bond acceptors (Lipinski definition) is 6. The second-order valence-electron chi connectivity index (χ2n) is 7.19. The maximum atomic E-state index is 14.4. The summed E-state index contributed by atoms with van der Waals surface area (Å²) in [6.45, 7) is 6.65. The second-order valence-corrected chi connectivity index (χ2v) is 8.31. The van der Waals surface area contributed by atoms with Crippen LogP contribution in [0.15, 0.2) is 23.2 Å². The van der Waals surface area contributed by atoms with Crippen LogP contribution in [0.3, 0.4) is 0 Å². The van der Waals surface area contributed by atoms with Gasteiger partial charge in [0.2, 0.25) is 0 Å². The van der Waals surface area contributed by atoms with Crippen molar-refractivity contribution in [1.82, 2.24) is 10.2 Å². The fourth-order valence-electron chi connectivity index (χ4n) is 3.51. The van der Waals surface area contributed by atoms with Gasteiger partial charge in [-0.05, 0) is 25.0 Å². The van der Waals surface area contributed by atoms with Crippen LogP contribution in [0, 0.1) is 5.82 Å². The van der Waals surface area contributed by atoms with Crippen LogP contribution in [0.2, 0.25) is 0 Å². The number of nitrogens with two attached hydrogens (primary N) is 1. The minimum Gasteiger partial charge on any atom is -0.379 e. The first-order chi connectivity index (χ1) is 12.5. The molecule has 29 heavy (non-hydrogen) atoms. The highest BCUT2D eigenvalue weighted by Crippen LogP contribution is 2.36. The van der Waals surface area contributed by atoms with Crippen molar-refractivity contribution in [2.75, 3.05) is 38.5 Å². The number of piperazine rings is 1. The number of aliphatic imine (C=N–C) groups is 1. The number of benzene rings is 1. The molecule has 0 unspecified atom stereocenters. The molecule has 0 bridgehead atoms. The molecule has 0 saturated carbocycles. The number of nitrogens with one attached hydrogen (secondary N) is 1. The molecule has 1 aromatic rings. The lowest BCUT2D eigenvalue weighted by atomic mass is 9.87. The van der Waals surface area contributed by atoms with E-state index in [1.807, 2.05) is 6.92 Å². The van der Waals surface area contributed by atoms with Crippen molar-refractivity contribution in [2.45, 2.75) is 31.7 Å². The molecule has 1 fully saturated rings. The van der Waals surface area contributed by atoms with Gasteiger partial charge in [0.05, 0.1) is 5.54 Å². The molecule has 0 spiro atoms. The highest BCUT2D eigenvalue weighted by atomic mass is 35.5. The summed E-state index contributed by atoms with van der Waals surface area (Å²) < 4.78 is 14.4. The summed E-state index contributed by atoms with van der Waals surface area (Å²) in [6.07, 6.45) is 1.60. The van der Waals surface area contributed by atoms with Gasteiger partial charge in [-0.2, -0.15) is 0 Å². The Hall–Kier alpha value is -0.570. The van der Waals surface area contributed by atoms with E-state index in [0.29, 0.717) is 23.6 Å². The number of ketones is 1. The summed E-state index contributed by atoms with van der Waals surface area (Å²) in [6, 6.07) is 4.95. The fraction of sp³-hybridized carbons (Fsp3) is 0.579. The Bertz CT molecular complexity index is 704. The Balaban J connectivity index is 0.00000261. The molecule has 2 aliphatic rings. The quantitative estimate of drug-likeness (QED) is 0.645. The lowest BCUT2D eigenvalue weighted by Crippen LogP contribution is -2.44. The van der Waals surface area contributed by atoms with E-state index >= 15 is 0 Å². The second kappa shape index (κ2) is 13.0. The number of thioether (sulfide) groups is 1. The minimum absolute atomic E-state index is 0. The monoisotopic (exact) mass is 486 g/mol. The van der Waals surface area contributed by atoms with Crippen LogP contribution >= 0.6 is 49.0 Å². The van der Waals surface area contributed by atoms with Crippen LogP contribution in [0.5, 0.6) is 0 Å². The molecule has 0 aliphatic carbocycles. The van der Waals surface area contributed by atoms with Crippen LogP contribution in [-0.2, 0) is 16.8 Å². The van der Waals surface area contributed by atoms with Crippen molar-refractivity contribution >= 4 is 59.9 Å². The van der Waals surface area contributed by atoms with Crippen LogP contribution in [-0.4, -0.2) is 54.3 Å². The van der Waals surface area contributed by atoms with E-state index in [1.54, 1.807) is 12.1 Å². The van der Waals surface area contributed by atoms with Gasteiger partial charge in [-0.15, -0.1) is 37.2 Å². The average Bonchev–Trinajstić information content (AvgIpc) is 2.62. The highest BCUT2D eigenvalue weighted by Gasteiger charge is 2.32. The lowest BCUT2D eigenvalue weighted by Gasteiger charge is -2.30. The molecule has 2 aliphatic heterocycles. The summed E-state index contributed by atoms with van der Waals surface area (Å²) in [4.78, 5) is 19.2. The van der Waals surface area contributed by atoms with E-state index < -0.39 is 5.54 Å². The van der Waals surface area contributed by atoms with Crippen LogP contribution in [0.1, 0.15) is 30.9 Å². The summed E-state index contributed by atoms with van der Waals surface area (Å²) >= 11 is 1.50. The Morgan fingerprint density at radius 1 is 1.31 bits per heavy atom. The van der Waals surface area contributed by atoms with Gasteiger partial charge in [-0.25, -0.2) is 4.39 Å². The zero-order chi connectivity index (χ0) is 18.6. The first-order valence-corrected chi connectivity index (χ1v) is 10.2. The molecule has 1 aromatic carbocycles. The number of amidine groups is 1. The van der Waals surface area contributed by atoms with Gasteiger partial charge in [0.1, 0.15) is 11.6 Å². The first-order valence-electron chi connectivity index (χ1n) is 9.18. The highest BCUT2D eigenvalue weighted by molar-refractivity contribution is 8.13. The molecule has 1 atom stereocenters. The summed E-state index contributed by atoms with van der Waals surface area (Å²) in [5.41, 5.74) is 6.58. The largest absolute Gasteiger partial charge is 0.379 e. The average molecular weight is 488 g/mol. The Morgan fingerprint density at radius 2 is 2.00 bits per heavy atom. The van der Waals surface area contributed by atoms with Gasteiger partial charge in [0, 0.05) is 56.9 Å². The van der Waals surface area contributed by atoms with Gasteiger partial charge in [-0.1, -0.05) is 23.9 Å². The molecule has 5 nitrogen and oxygen atoms in total. The van der Waals surface area contributed by atoms with Crippen LogP contribution in [0.4, 0.5) is 4.39 Å². The van der Waals surface area contributed by atoms with Crippen molar-refractivity contribution in [1.29, 1.82) is 0 Å². The molecule has 2 heterocycles. The van der Waals surface area contributed by atoms with E-state index in [0.717, 1.165) is 50.5 Å². The van der Waals surface area contributed by atoms with Gasteiger partial charge in [-0.3, -0.25) is 9.79 Å². The first kappa shape index (κ1) is 28.4. The Morgan fingerprint density at radius 3 is 2.66 bits per heavy atom. The standard InChI is InChI=1S/C19H27FN4OS.3ClH/c1-19(5-11-26-18(21)23-19)16-13-14(2-3-17(16)20)12-15(25)4-8-24-9-6-22-7-10-24;;;/h2-3,13,22H,4-12H2,1H3,(H2,21,23);3*1H/t19-;;;/m0.../s1. The molecular formula is C19H30Cl3FN4OS. The van der Waals surface area contributed by atoms with Gasteiger partial charge < -0.3 is 16.0 Å². The number of Topliss-reactive ketones (excluding diaryl/α,β-unsaturated/α-hetero) is 1. The molecular weight excluding hydrogens is 458 g/mol. The third-order valence-electron chi connectivity index (χ3n) is 5.12. The number of carbonyl (C=O) groups is 1. The maximum absolute atomic E-state index is 14.4. The molecule has 0 aromatic heterocycles. The summed E-state index contributed by atoms with van der Waals surface area (Å²) in [5.74, 6) is 0.723. The van der Waals surface area contributed by atoms with E-state index in [4.69, 9.17) is 5.73 Å². The zero-order valence-electron chi connectivity index (χ0n) is 16.5. The van der Waals surface area contributed by atoms with Crippen LogP contribution in [0.25, 0.3) is 0 Å². The predicted octanol–water partition coefficient (Wildman–Crippen LogP) is 3.16. The Labute approximate surface area is 195 Å². The minimum atomic E-state index is -0.653. The van der Waals surface area contributed by atoms with Crippen LogP contribution < -0.4 is 11.1 Å². The van der Waals surface area contributed by atoms with E-state index in [1.165, 1.54) is 17.8 Å². The maximum Gasteiger partial charge on any atom is 0.154 e. The van der Waals surface area contributed by atoms with Gasteiger partial charge in [0.25, 0.3) is 0 Å². The normalized spacial score (nSPS) is 21.8. The van der Waals surface area contributed by atoms with Crippen molar-refractivity contribution in [3.8, 4) is 0 Å². The third-order valence-corrected chi connectivity index (χ3v) is 5.92. The molecule has 10 heteroatoms. The van der Waals surface area contributed by atoms with Crippen molar-refractivity contribution in [3.63, 3.8) is 0 Å². The molecule has 0 radical (unpaired) electrons. The predicted molar refractivity (Wildman–Crippen MR) is 127 cm³/mol. The molecule has 0 amide bonds. The molecule has 3 N–H and O–H groups in total. The molecule has 3 rings (SSSR count). The van der Waals surface area contributed by atoms with E-state index in [2.05, 4.69) is 15.2 Å². The number of hydrogen-bond donors (Lipinski definition) is 2. The van der Waals surface area contributed by atoms with E-state index in [-0.39, 0.29) is 48.8 Å². The van der Waals surface area contributed by atoms with Crippen molar-refractivity contribution in [2.24, 2.45) is 10.7 Å². The Kier molecular flexibility index (Phi) is 12.7. The third kappa shape index (κ3) is 7.89. The summed E-state index contributed by atoms with van der Waals surface area (Å²) in [5, 5.41) is 3.80. The smallest absolute Gasteiger partial charge is 0.154 e. The van der Waals surface area contributed by atoms with Gasteiger partial charge >= 0.3 is 0 Å². The topological polar surface area (TPSA) is 70.7 Å². The lowest BCUT2D eigenvalue weighted by molar-refractivity contribution is -0.118.